The molecule has 4 aromatic rings. The summed E-state index contributed by atoms with van der Waals surface area (Å²) in [7, 11) is 0. The lowest BCUT2D eigenvalue weighted by atomic mass is 10.0. The van der Waals surface area contributed by atoms with Crippen LogP contribution >= 0.6 is 22.6 Å². The molecule has 0 aliphatic carbocycles. The van der Waals surface area contributed by atoms with Gasteiger partial charge in [0.1, 0.15) is 5.82 Å². The Morgan fingerprint density at radius 3 is 2.66 bits per heavy atom. The number of rotatable bonds is 4. The molecule has 1 aliphatic rings. The topological polar surface area (TPSA) is 70.2 Å². The minimum Gasteiger partial charge on any atom is -0.354 e. The first kappa shape index (κ1) is 20.8. The lowest BCUT2D eigenvalue weighted by Gasteiger charge is -2.28. The lowest BCUT2D eigenvalue weighted by Crippen LogP contribution is -2.43. The second-order valence-electron chi connectivity index (χ2n) is 7.67. The number of hydrogen-bond acceptors (Lipinski definition) is 5. The van der Waals surface area contributed by atoms with Crippen LogP contribution in [-0.4, -0.2) is 42.1 Å². The second kappa shape index (κ2) is 9.22. The molecule has 2 aromatic heterocycles. The Balaban J connectivity index is 1.38. The van der Waals surface area contributed by atoms with Crippen LogP contribution in [0.3, 0.4) is 0 Å². The molecule has 2 aromatic carbocycles. The maximum atomic E-state index is 12.9. The van der Waals surface area contributed by atoms with Crippen LogP contribution in [-0.2, 0) is 0 Å². The molecular formula is C25H22IN5O. The van der Waals surface area contributed by atoms with Crippen molar-refractivity contribution in [1.29, 1.82) is 0 Å². The summed E-state index contributed by atoms with van der Waals surface area (Å²) >= 11 is 2.31. The van der Waals surface area contributed by atoms with Gasteiger partial charge in [-0.3, -0.25) is 9.78 Å². The Labute approximate surface area is 200 Å². The Morgan fingerprint density at radius 1 is 1.00 bits per heavy atom. The average Bonchev–Trinajstić information content (AvgIpc) is 2.85. The summed E-state index contributed by atoms with van der Waals surface area (Å²) < 4.78 is 1.08. The Kier molecular flexibility index (Phi) is 6.00. The first-order valence-electron chi connectivity index (χ1n) is 10.6. The fraction of sp³-hybridized carbons (Fsp3) is 0.160. The van der Waals surface area contributed by atoms with E-state index in [9.17, 15) is 4.79 Å². The van der Waals surface area contributed by atoms with Crippen LogP contribution in [0.25, 0.3) is 22.0 Å². The molecule has 5 rings (SSSR count). The zero-order valence-electron chi connectivity index (χ0n) is 17.4. The van der Waals surface area contributed by atoms with Crippen molar-refractivity contribution in [2.45, 2.75) is 0 Å². The van der Waals surface area contributed by atoms with Crippen molar-refractivity contribution in [3.63, 3.8) is 0 Å². The van der Waals surface area contributed by atoms with Gasteiger partial charge in [-0.05, 0) is 64.4 Å². The number of fused-ring (bicyclic) bond motifs is 1. The summed E-state index contributed by atoms with van der Waals surface area (Å²) in [6.07, 6.45) is 3.47. The van der Waals surface area contributed by atoms with Gasteiger partial charge in [0.05, 0.1) is 11.3 Å². The number of aromatic nitrogens is 2. The summed E-state index contributed by atoms with van der Waals surface area (Å²) in [6.45, 7) is 3.74. The lowest BCUT2D eigenvalue weighted by molar-refractivity contribution is 0.102. The van der Waals surface area contributed by atoms with Crippen LogP contribution in [0, 0.1) is 3.57 Å². The van der Waals surface area contributed by atoms with Crippen molar-refractivity contribution in [3.8, 4) is 11.3 Å². The summed E-state index contributed by atoms with van der Waals surface area (Å²) in [5, 5.41) is 8.57. The number of piperazine rings is 1. The van der Waals surface area contributed by atoms with Crippen LogP contribution in [0.5, 0.6) is 0 Å². The molecule has 1 aliphatic heterocycles. The normalized spacial score (nSPS) is 13.8. The highest BCUT2D eigenvalue weighted by Crippen LogP contribution is 2.32. The van der Waals surface area contributed by atoms with Gasteiger partial charge in [-0.1, -0.05) is 24.3 Å². The standard InChI is InChI=1S/C25H22IN5O/c26-22-7-6-19(15-21(22)24-20-4-2-1-3-17(20)9-10-28-24)30-25(32)18-5-8-23(29-16-18)31-13-11-27-12-14-31/h1-10,15-16,27H,11-14H2,(H,30,32). The summed E-state index contributed by atoms with van der Waals surface area (Å²) in [4.78, 5) is 24.2. The van der Waals surface area contributed by atoms with Crippen molar-refractivity contribution in [3.05, 3.63) is 82.2 Å². The third kappa shape index (κ3) is 4.31. The molecule has 160 valence electrons. The van der Waals surface area contributed by atoms with E-state index < -0.39 is 0 Å². The fourth-order valence-corrected chi connectivity index (χ4v) is 4.51. The number of nitrogens with one attached hydrogen (secondary N) is 2. The molecule has 1 saturated heterocycles. The van der Waals surface area contributed by atoms with E-state index in [0.717, 1.165) is 63.3 Å². The number of nitrogens with zero attached hydrogens (tertiary/aromatic N) is 3. The van der Waals surface area contributed by atoms with Crippen molar-refractivity contribution in [2.75, 3.05) is 36.4 Å². The van der Waals surface area contributed by atoms with Gasteiger partial charge in [-0.25, -0.2) is 4.98 Å². The smallest absolute Gasteiger partial charge is 0.257 e. The number of carbonyl (C=O) groups is 1. The molecule has 0 spiro atoms. The van der Waals surface area contributed by atoms with Gasteiger partial charge >= 0.3 is 0 Å². The van der Waals surface area contributed by atoms with Gasteiger partial charge in [0.2, 0.25) is 0 Å². The molecule has 1 fully saturated rings. The quantitative estimate of drug-likeness (QED) is 0.375. The molecule has 0 atom stereocenters. The third-order valence-electron chi connectivity index (χ3n) is 5.60. The predicted molar refractivity (Wildman–Crippen MR) is 137 cm³/mol. The van der Waals surface area contributed by atoms with E-state index in [0.29, 0.717) is 5.56 Å². The first-order chi connectivity index (χ1) is 15.7. The van der Waals surface area contributed by atoms with E-state index >= 15 is 0 Å². The van der Waals surface area contributed by atoms with Crippen LogP contribution in [0.4, 0.5) is 11.5 Å². The molecule has 0 saturated carbocycles. The molecule has 6 nitrogen and oxygen atoms in total. The van der Waals surface area contributed by atoms with E-state index in [4.69, 9.17) is 0 Å². The zero-order chi connectivity index (χ0) is 21.9. The maximum absolute atomic E-state index is 12.9. The number of anilines is 2. The van der Waals surface area contributed by atoms with Crippen molar-refractivity contribution >= 4 is 50.8 Å². The highest BCUT2D eigenvalue weighted by Gasteiger charge is 2.14. The van der Waals surface area contributed by atoms with Gasteiger partial charge in [0, 0.05) is 58.8 Å². The molecule has 0 unspecified atom stereocenters. The minimum atomic E-state index is -0.178. The second-order valence-corrected chi connectivity index (χ2v) is 8.83. The summed E-state index contributed by atoms with van der Waals surface area (Å²) in [5.41, 5.74) is 3.16. The van der Waals surface area contributed by atoms with E-state index in [1.54, 1.807) is 6.20 Å². The highest BCUT2D eigenvalue weighted by molar-refractivity contribution is 14.1. The largest absolute Gasteiger partial charge is 0.354 e. The Hall–Kier alpha value is -3.04. The van der Waals surface area contributed by atoms with Crippen LogP contribution < -0.4 is 15.5 Å². The van der Waals surface area contributed by atoms with E-state index in [2.05, 4.69) is 60.2 Å². The van der Waals surface area contributed by atoms with Crippen LogP contribution in [0.15, 0.2) is 73.1 Å². The SMILES string of the molecule is O=C(Nc1ccc(I)c(-c2nccc3ccccc23)c1)c1ccc(N2CCNCC2)nc1. The van der Waals surface area contributed by atoms with E-state index in [-0.39, 0.29) is 5.91 Å². The predicted octanol–water partition coefficient (Wildman–Crippen LogP) is 4.56. The van der Waals surface area contributed by atoms with Gasteiger partial charge in [0.15, 0.2) is 0 Å². The van der Waals surface area contributed by atoms with Crippen molar-refractivity contribution < 1.29 is 4.79 Å². The molecule has 7 heteroatoms. The fourth-order valence-electron chi connectivity index (χ4n) is 3.92. The number of hydrogen-bond donors (Lipinski definition) is 2. The minimum absolute atomic E-state index is 0.178. The number of pyridine rings is 2. The van der Waals surface area contributed by atoms with Gasteiger partial charge in [-0.15, -0.1) is 0 Å². The van der Waals surface area contributed by atoms with Crippen LogP contribution in [0.2, 0.25) is 0 Å². The molecule has 3 heterocycles. The molecule has 0 bridgehead atoms. The number of benzene rings is 2. The van der Waals surface area contributed by atoms with E-state index in [1.807, 2.05) is 54.7 Å². The molecule has 2 N–H and O–H groups in total. The summed E-state index contributed by atoms with van der Waals surface area (Å²) in [5.74, 6) is 0.726. The Morgan fingerprint density at radius 2 is 1.84 bits per heavy atom. The van der Waals surface area contributed by atoms with Gasteiger partial charge in [0.25, 0.3) is 5.91 Å². The monoisotopic (exact) mass is 535 g/mol. The molecule has 1 amide bonds. The maximum Gasteiger partial charge on any atom is 0.257 e. The summed E-state index contributed by atoms with van der Waals surface area (Å²) in [6, 6.07) is 19.8. The van der Waals surface area contributed by atoms with Crippen molar-refractivity contribution in [1.82, 2.24) is 15.3 Å². The average molecular weight is 535 g/mol. The molecule has 32 heavy (non-hydrogen) atoms. The number of amides is 1. The molecular weight excluding hydrogens is 513 g/mol. The van der Waals surface area contributed by atoms with Crippen molar-refractivity contribution in [2.24, 2.45) is 0 Å². The number of carbonyl (C=O) groups excluding carboxylic acids is 1. The zero-order valence-corrected chi connectivity index (χ0v) is 19.5. The van der Waals surface area contributed by atoms with Crippen LogP contribution in [0.1, 0.15) is 10.4 Å². The first-order valence-corrected chi connectivity index (χ1v) is 11.6. The molecule has 0 radical (unpaired) electrons. The van der Waals surface area contributed by atoms with Gasteiger partial charge in [-0.2, -0.15) is 0 Å². The highest BCUT2D eigenvalue weighted by atomic mass is 127. The van der Waals surface area contributed by atoms with Gasteiger partial charge < -0.3 is 15.5 Å². The Bertz CT molecular complexity index is 1260. The van der Waals surface area contributed by atoms with E-state index in [1.165, 1.54) is 0 Å². The third-order valence-corrected chi connectivity index (χ3v) is 6.54. The number of halogens is 1.